The first-order chi connectivity index (χ1) is 5.79. The van der Waals surface area contributed by atoms with Gasteiger partial charge >= 0.3 is 0 Å². The Labute approximate surface area is 77.1 Å². The molecule has 12 heavy (non-hydrogen) atoms. The molecule has 0 aliphatic carbocycles. The molecule has 2 nitrogen and oxygen atoms in total. The van der Waals surface area contributed by atoms with Crippen LogP contribution in [0.5, 0.6) is 5.75 Å². The number of hydrogen-bond acceptors (Lipinski definition) is 3. The minimum atomic E-state index is 0.655. The molecule has 0 aromatic heterocycles. The third kappa shape index (κ3) is 1.85. The summed E-state index contributed by atoms with van der Waals surface area (Å²) in [6.45, 7) is 2.60. The molecule has 3 heteroatoms. The number of thioether (sulfide) groups is 1. The summed E-state index contributed by atoms with van der Waals surface area (Å²) in [6.07, 6.45) is 2.00. The van der Waals surface area contributed by atoms with Crippen molar-refractivity contribution in [2.24, 2.45) is 0 Å². The van der Waals surface area contributed by atoms with Crippen LogP contribution in [0.1, 0.15) is 6.92 Å². The van der Waals surface area contributed by atoms with Gasteiger partial charge in [0.25, 0.3) is 0 Å². The Morgan fingerprint density at radius 2 is 2.25 bits per heavy atom. The molecule has 1 aromatic carbocycles. The zero-order valence-corrected chi connectivity index (χ0v) is 8.15. The van der Waals surface area contributed by atoms with Crippen molar-refractivity contribution in [3.05, 3.63) is 18.2 Å². The van der Waals surface area contributed by atoms with Gasteiger partial charge in [0.15, 0.2) is 0 Å². The van der Waals surface area contributed by atoms with Gasteiger partial charge in [-0.15, -0.1) is 11.8 Å². The molecule has 0 spiro atoms. The highest BCUT2D eigenvalue weighted by Gasteiger charge is 2.03. The summed E-state index contributed by atoms with van der Waals surface area (Å²) in [5.41, 5.74) is 6.58. The summed E-state index contributed by atoms with van der Waals surface area (Å²) >= 11 is 1.63. The predicted molar refractivity (Wildman–Crippen MR) is 53.8 cm³/mol. The van der Waals surface area contributed by atoms with E-state index in [0.717, 1.165) is 16.3 Å². The maximum absolute atomic E-state index is 5.83. The predicted octanol–water partition coefficient (Wildman–Crippen LogP) is 2.39. The van der Waals surface area contributed by atoms with Gasteiger partial charge in [0.2, 0.25) is 0 Å². The van der Waals surface area contributed by atoms with Crippen LogP contribution in [-0.4, -0.2) is 12.9 Å². The molecule has 66 valence electrons. The van der Waals surface area contributed by atoms with E-state index >= 15 is 0 Å². The van der Waals surface area contributed by atoms with Gasteiger partial charge in [0.05, 0.1) is 12.3 Å². The summed E-state index contributed by atoms with van der Waals surface area (Å²) in [6, 6.07) is 5.83. The minimum Gasteiger partial charge on any atom is -0.492 e. The molecule has 0 aliphatic rings. The first-order valence-corrected chi connectivity index (χ1v) is 5.07. The fraction of sp³-hybridized carbons (Fsp3) is 0.333. The Morgan fingerprint density at radius 1 is 1.50 bits per heavy atom. The molecule has 1 aromatic rings. The highest BCUT2D eigenvalue weighted by atomic mass is 32.2. The van der Waals surface area contributed by atoms with Gasteiger partial charge in [-0.2, -0.15) is 0 Å². The first kappa shape index (κ1) is 9.26. The van der Waals surface area contributed by atoms with Crippen LogP contribution >= 0.6 is 11.8 Å². The summed E-state index contributed by atoms with van der Waals surface area (Å²) in [5, 5.41) is 0. The maximum atomic E-state index is 5.83. The van der Waals surface area contributed by atoms with E-state index in [4.69, 9.17) is 10.5 Å². The Hall–Kier alpha value is -0.830. The molecule has 2 N–H and O–H groups in total. The lowest BCUT2D eigenvalue weighted by Gasteiger charge is -2.08. The molecule has 0 saturated carbocycles. The van der Waals surface area contributed by atoms with Crippen molar-refractivity contribution >= 4 is 17.4 Å². The Kier molecular flexibility index (Phi) is 3.29. The zero-order valence-electron chi connectivity index (χ0n) is 7.33. The zero-order chi connectivity index (χ0) is 8.97. The molecule has 0 fully saturated rings. The van der Waals surface area contributed by atoms with Gasteiger partial charge in [-0.25, -0.2) is 0 Å². The largest absolute Gasteiger partial charge is 0.492 e. The summed E-state index contributed by atoms with van der Waals surface area (Å²) < 4.78 is 5.34. The fourth-order valence-electron chi connectivity index (χ4n) is 0.983. The smallest absolute Gasteiger partial charge is 0.143 e. The second-order valence-electron chi connectivity index (χ2n) is 2.31. The number of para-hydroxylation sites is 1. The summed E-state index contributed by atoms with van der Waals surface area (Å²) in [7, 11) is 0. The van der Waals surface area contributed by atoms with E-state index in [-0.39, 0.29) is 0 Å². The third-order valence-electron chi connectivity index (χ3n) is 1.55. The standard InChI is InChI=1S/C9H13NOS/c1-3-11-7-5-4-6-8(12-2)9(7)10/h4-6H,3,10H2,1-2H3. The van der Waals surface area contributed by atoms with Crippen LogP contribution in [0.25, 0.3) is 0 Å². The number of hydrogen-bond donors (Lipinski definition) is 1. The van der Waals surface area contributed by atoms with Crippen molar-refractivity contribution in [3.8, 4) is 5.75 Å². The number of nitrogen functional groups attached to an aromatic ring is 1. The van der Waals surface area contributed by atoms with Crippen LogP contribution in [0.4, 0.5) is 5.69 Å². The third-order valence-corrected chi connectivity index (χ3v) is 2.34. The van der Waals surface area contributed by atoms with Crippen molar-refractivity contribution in [3.63, 3.8) is 0 Å². The molecule has 0 saturated heterocycles. The van der Waals surface area contributed by atoms with E-state index in [1.54, 1.807) is 11.8 Å². The van der Waals surface area contributed by atoms with Crippen LogP contribution in [0, 0.1) is 0 Å². The SMILES string of the molecule is CCOc1cccc(SC)c1N. The van der Waals surface area contributed by atoms with Crippen LogP contribution in [-0.2, 0) is 0 Å². The molecule has 1 rings (SSSR count). The number of rotatable bonds is 3. The first-order valence-electron chi connectivity index (χ1n) is 3.84. The lowest BCUT2D eigenvalue weighted by atomic mass is 10.3. The molecule has 0 radical (unpaired) electrons. The average Bonchev–Trinajstić information content (AvgIpc) is 2.09. The fourth-order valence-corrected chi connectivity index (χ4v) is 1.52. The van der Waals surface area contributed by atoms with Gasteiger partial charge in [0.1, 0.15) is 5.75 Å². The quantitative estimate of drug-likeness (QED) is 0.577. The number of anilines is 1. The highest BCUT2D eigenvalue weighted by molar-refractivity contribution is 7.98. The molecule has 0 amide bonds. The Balaban J connectivity index is 2.97. The van der Waals surface area contributed by atoms with Crippen molar-refractivity contribution in [2.75, 3.05) is 18.6 Å². The van der Waals surface area contributed by atoms with E-state index in [1.807, 2.05) is 31.4 Å². The van der Waals surface area contributed by atoms with Gasteiger partial charge in [-0.05, 0) is 25.3 Å². The molecule has 0 heterocycles. The Morgan fingerprint density at radius 3 is 2.83 bits per heavy atom. The molecular weight excluding hydrogens is 170 g/mol. The lowest BCUT2D eigenvalue weighted by molar-refractivity contribution is 0.341. The van der Waals surface area contributed by atoms with E-state index in [9.17, 15) is 0 Å². The minimum absolute atomic E-state index is 0.655. The van der Waals surface area contributed by atoms with Gasteiger partial charge < -0.3 is 10.5 Å². The van der Waals surface area contributed by atoms with Crippen LogP contribution < -0.4 is 10.5 Å². The molecule has 0 atom stereocenters. The van der Waals surface area contributed by atoms with E-state index in [2.05, 4.69) is 0 Å². The van der Waals surface area contributed by atoms with Crippen molar-refractivity contribution in [1.82, 2.24) is 0 Å². The van der Waals surface area contributed by atoms with Crippen LogP contribution in [0.2, 0.25) is 0 Å². The molecule has 0 aliphatic heterocycles. The van der Waals surface area contributed by atoms with E-state index in [0.29, 0.717) is 6.61 Å². The van der Waals surface area contributed by atoms with Gasteiger partial charge in [-0.1, -0.05) is 6.07 Å². The van der Waals surface area contributed by atoms with Crippen LogP contribution in [0.15, 0.2) is 23.1 Å². The second-order valence-corrected chi connectivity index (χ2v) is 3.15. The van der Waals surface area contributed by atoms with Crippen LogP contribution in [0.3, 0.4) is 0 Å². The van der Waals surface area contributed by atoms with Crippen molar-refractivity contribution < 1.29 is 4.74 Å². The maximum Gasteiger partial charge on any atom is 0.143 e. The normalized spacial score (nSPS) is 9.83. The molecular formula is C9H13NOS. The summed E-state index contributed by atoms with van der Waals surface area (Å²) in [4.78, 5) is 1.07. The number of benzene rings is 1. The average molecular weight is 183 g/mol. The Bertz CT molecular complexity index is 263. The molecule has 0 unspecified atom stereocenters. The van der Waals surface area contributed by atoms with Gasteiger partial charge in [0, 0.05) is 4.90 Å². The van der Waals surface area contributed by atoms with Crippen molar-refractivity contribution in [1.29, 1.82) is 0 Å². The van der Waals surface area contributed by atoms with Crippen molar-refractivity contribution in [2.45, 2.75) is 11.8 Å². The van der Waals surface area contributed by atoms with E-state index in [1.165, 1.54) is 0 Å². The summed E-state index contributed by atoms with van der Waals surface area (Å²) in [5.74, 6) is 0.782. The number of nitrogens with two attached hydrogens (primary N) is 1. The number of ether oxygens (including phenoxy) is 1. The second kappa shape index (κ2) is 4.26. The monoisotopic (exact) mass is 183 g/mol. The topological polar surface area (TPSA) is 35.2 Å². The molecule has 0 bridgehead atoms. The van der Waals surface area contributed by atoms with E-state index < -0.39 is 0 Å². The van der Waals surface area contributed by atoms with Gasteiger partial charge in [-0.3, -0.25) is 0 Å². The lowest BCUT2D eigenvalue weighted by Crippen LogP contribution is -1.97. The highest BCUT2D eigenvalue weighted by Crippen LogP contribution is 2.30.